The quantitative estimate of drug-likeness (QED) is 0.869. The molecule has 17 heavy (non-hydrogen) atoms. The molecule has 1 aromatic heterocycles. The van der Waals surface area contributed by atoms with E-state index in [2.05, 4.69) is 70.1 Å². The van der Waals surface area contributed by atoms with Crippen LogP contribution >= 0.6 is 22.6 Å². The third kappa shape index (κ3) is 3.04. The number of rotatable bonds is 3. The van der Waals surface area contributed by atoms with Crippen molar-refractivity contribution in [1.29, 1.82) is 0 Å². The second kappa shape index (κ2) is 5.60. The van der Waals surface area contributed by atoms with E-state index in [0.717, 1.165) is 0 Å². The van der Waals surface area contributed by atoms with E-state index in [4.69, 9.17) is 0 Å². The molecule has 0 saturated carbocycles. The summed E-state index contributed by atoms with van der Waals surface area (Å²) in [6, 6.07) is 11.0. The molecule has 3 heteroatoms. The maximum absolute atomic E-state index is 4.25. The Morgan fingerprint density at radius 2 is 1.82 bits per heavy atom. The minimum Gasteiger partial charge on any atom is -0.309 e. The number of hydrogen-bond donors (Lipinski definition) is 1. The lowest BCUT2D eigenvalue weighted by molar-refractivity contribution is 0.688. The molecule has 88 valence electrons. The molecule has 1 atom stereocenters. The summed E-state index contributed by atoms with van der Waals surface area (Å²) in [5.41, 5.74) is 3.65. The first-order chi connectivity index (χ1) is 8.20. The van der Waals surface area contributed by atoms with Crippen LogP contribution < -0.4 is 5.32 Å². The summed E-state index contributed by atoms with van der Waals surface area (Å²) in [6.07, 6.45) is 3.80. The fraction of sp³-hybridized carbons (Fsp3) is 0.214. The first kappa shape index (κ1) is 12.5. The van der Waals surface area contributed by atoms with E-state index in [1.165, 1.54) is 20.3 Å². The van der Waals surface area contributed by atoms with E-state index in [1.807, 2.05) is 19.4 Å². The van der Waals surface area contributed by atoms with Crippen molar-refractivity contribution in [3.05, 3.63) is 63.0 Å². The zero-order chi connectivity index (χ0) is 12.3. The predicted octanol–water partition coefficient (Wildman–Crippen LogP) is 3.30. The van der Waals surface area contributed by atoms with Gasteiger partial charge in [0, 0.05) is 16.0 Å². The monoisotopic (exact) mass is 338 g/mol. The molecular formula is C14H15IN2. The van der Waals surface area contributed by atoms with Gasteiger partial charge in [0.1, 0.15) is 0 Å². The number of hydrogen-bond acceptors (Lipinski definition) is 2. The van der Waals surface area contributed by atoms with Gasteiger partial charge in [-0.3, -0.25) is 4.98 Å². The average molecular weight is 338 g/mol. The van der Waals surface area contributed by atoms with Crippen molar-refractivity contribution in [1.82, 2.24) is 10.3 Å². The van der Waals surface area contributed by atoms with E-state index >= 15 is 0 Å². The molecule has 0 radical (unpaired) electrons. The minimum absolute atomic E-state index is 0.208. The van der Waals surface area contributed by atoms with Gasteiger partial charge in [-0.25, -0.2) is 0 Å². The standard InChI is InChI=1S/C14H15IN2/c1-10-7-12(9-17-8-10)14(16-2)11-3-5-13(15)6-4-11/h3-9,14,16H,1-2H3. The molecule has 0 saturated heterocycles. The van der Waals surface area contributed by atoms with Crippen LogP contribution in [0.5, 0.6) is 0 Å². The zero-order valence-electron chi connectivity index (χ0n) is 9.94. The largest absolute Gasteiger partial charge is 0.309 e. The second-order valence-electron chi connectivity index (χ2n) is 4.07. The minimum atomic E-state index is 0.208. The first-order valence-electron chi connectivity index (χ1n) is 5.55. The maximum atomic E-state index is 4.25. The zero-order valence-corrected chi connectivity index (χ0v) is 12.1. The number of pyridine rings is 1. The van der Waals surface area contributed by atoms with E-state index < -0.39 is 0 Å². The Labute approximate surface area is 116 Å². The molecule has 0 amide bonds. The molecule has 1 N–H and O–H groups in total. The smallest absolute Gasteiger partial charge is 0.0589 e. The van der Waals surface area contributed by atoms with Gasteiger partial charge in [0.25, 0.3) is 0 Å². The number of aryl methyl sites for hydroxylation is 1. The van der Waals surface area contributed by atoms with Crippen LogP contribution in [0.15, 0.2) is 42.7 Å². The maximum Gasteiger partial charge on any atom is 0.0589 e. The SMILES string of the molecule is CNC(c1ccc(I)cc1)c1cncc(C)c1. The van der Waals surface area contributed by atoms with E-state index in [-0.39, 0.29) is 6.04 Å². The topological polar surface area (TPSA) is 24.9 Å². The van der Waals surface area contributed by atoms with Crippen molar-refractivity contribution in [2.24, 2.45) is 0 Å². The third-order valence-electron chi connectivity index (χ3n) is 2.72. The lowest BCUT2D eigenvalue weighted by atomic mass is 9.99. The van der Waals surface area contributed by atoms with Gasteiger partial charge < -0.3 is 5.32 Å². The van der Waals surface area contributed by atoms with E-state index in [0.29, 0.717) is 0 Å². The van der Waals surface area contributed by atoms with Crippen molar-refractivity contribution in [2.45, 2.75) is 13.0 Å². The molecular weight excluding hydrogens is 323 g/mol. The summed E-state index contributed by atoms with van der Waals surface area (Å²) >= 11 is 2.32. The number of benzene rings is 1. The highest BCUT2D eigenvalue weighted by molar-refractivity contribution is 14.1. The van der Waals surface area contributed by atoms with Gasteiger partial charge in [-0.15, -0.1) is 0 Å². The summed E-state index contributed by atoms with van der Waals surface area (Å²) in [7, 11) is 1.98. The third-order valence-corrected chi connectivity index (χ3v) is 3.44. The van der Waals surface area contributed by atoms with Gasteiger partial charge in [0.15, 0.2) is 0 Å². The molecule has 1 aromatic carbocycles. The fourth-order valence-corrected chi connectivity index (χ4v) is 2.28. The van der Waals surface area contributed by atoms with Gasteiger partial charge >= 0.3 is 0 Å². The highest BCUT2D eigenvalue weighted by Gasteiger charge is 2.11. The Balaban J connectivity index is 2.36. The number of nitrogens with one attached hydrogen (secondary N) is 1. The van der Waals surface area contributed by atoms with Crippen molar-refractivity contribution in [3.8, 4) is 0 Å². The highest BCUT2D eigenvalue weighted by atomic mass is 127. The van der Waals surface area contributed by atoms with E-state index in [9.17, 15) is 0 Å². The molecule has 1 heterocycles. The van der Waals surface area contributed by atoms with Gasteiger partial charge in [0.2, 0.25) is 0 Å². The molecule has 0 aliphatic carbocycles. The predicted molar refractivity (Wildman–Crippen MR) is 79.0 cm³/mol. The Hall–Kier alpha value is -0.940. The molecule has 0 aliphatic rings. The fourth-order valence-electron chi connectivity index (χ4n) is 1.92. The number of nitrogens with zero attached hydrogens (tertiary/aromatic N) is 1. The van der Waals surface area contributed by atoms with Crippen LogP contribution in [-0.2, 0) is 0 Å². The summed E-state index contributed by atoms with van der Waals surface area (Å²) < 4.78 is 1.25. The highest BCUT2D eigenvalue weighted by Crippen LogP contribution is 2.22. The Morgan fingerprint density at radius 3 is 2.41 bits per heavy atom. The molecule has 0 bridgehead atoms. The van der Waals surface area contributed by atoms with Crippen LogP contribution in [-0.4, -0.2) is 12.0 Å². The Kier molecular flexibility index (Phi) is 4.12. The lowest BCUT2D eigenvalue weighted by Crippen LogP contribution is -2.17. The van der Waals surface area contributed by atoms with Gasteiger partial charge in [-0.2, -0.15) is 0 Å². The molecule has 0 fully saturated rings. The number of halogens is 1. The summed E-state index contributed by atoms with van der Waals surface area (Å²) in [6.45, 7) is 2.07. The van der Waals surface area contributed by atoms with Crippen LogP contribution in [0.1, 0.15) is 22.7 Å². The second-order valence-corrected chi connectivity index (χ2v) is 5.31. The van der Waals surface area contributed by atoms with Crippen molar-refractivity contribution in [3.63, 3.8) is 0 Å². The molecule has 0 aliphatic heterocycles. The number of aromatic nitrogens is 1. The summed E-state index contributed by atoms with van der Waals surface area (Å²) in [4.78, 5) is 4.25. The van der Waals surface area contributed by atoms with Crippen LogP contribution in [0.25, 0.3) is 0 Å². The summed E-state index contributed by atoms with van der Waals surface area (Å²) in [5.74, 6) is 0. The van der Waals surface area contributed by atoms with Crippen LogP contribution in [0, 0.1) is 10.5 Å². The molecule has 2 rings (SSSR count). The van der Waals surface area contributed by atoms with Crippen molar-refractivity contribution < 1.29 is 0 Å². The van der Waals surface area contributed by atoms with Crippen molar-refractivity contribution in [2.75, 3.05) is 7.05 Å². The molecule has 2 aromatic rings. The van der Waals surface area contributed by atoms with Gasteiger partial charge in [-0.05, 0) is 65.4 Å². The van der Waals surface area contributed by atoms with Crippen LogP contribution in [0.2, 0.25) is 0 Å². The summed E-state index contributed by atoms with van der Waals surface area (Å²) in [5, 5.41) is 3.34. The normalized spacial score (nSPS) is 12.4. The molecule has 0 spiro atoms. The first-order valence-corrected chi connectivity index (χ1v) is 6.63. The Bertz CT molecular complexity index is 494. The van der Waals surface area contributed by atoms with Crippen molar-refractivity contribution >= 4 is 22.6 Å². The van der Waals surface area contributed by atoms with Gasteiger partial charge in [-0.1, -0.05) is 18.2 Å². The Morgan fingerprint density at radius 1 is 1.12 bits per heavy atom. The molecule has 2 nitrogen and oxygen atoms in total. The van der Waals surface area contributed by atoms with E-state index in [1.54, 1.807) is 0 Å². The van der Waals surface area contributed by atoms with Crippen LogP contribution in [0.3, 0.4) is 0 Å². The average Bonchev–Trinajstić information content (AvgIpc) is 2.33. The molecule has 1 unspecified atom stereocenters. The van der Waals surface area contributed by atoms with Crippen LogP contribution in [0.4, 0.5) is 0 Å². The lowest BCUT2D eigenvalue weighted by Gasteiger charge is -2.17. The van der Waals surface area contributed by atoms with Gasteiger partial charge in [0.05, 0.1) is 6.04 Å².